The summed E-state index contributed by atoms with van der Waals surface area (Å²) in [7, 11) is -3.46. The molecule has 472 valence electrons. The number of benzene rings is 1. The molecule has 80 heavy (non-hydrogen) atoms. The highest BCUT2D eigenvalue weighted by Gasteiger charge is 2.56. The van der Waals surface area contributed by atoms with Crippen molar-refractivity contribution in [2.45, 2.75) is 269 Å². The Hall–Kier alpha value is -2.60. The van der Waals surface area contributed by atoms with Gasteiger partial charge in [0.1, 0.15) is 12.2 Å². The fourth-order valence-corrected chi connectivity index (χ4v) is 23.2. The average Bonchev–Trinajstić information content (AvgIpc) is 4.18. The monoisotopic (exact) mass is 1190 g/mol. The highest BCUT2D eigenvalue weighted by Crippen LogP contribution is 2.43. The number of rotatable bonds is 29. The van der Waals surface area contributed by atoms with Crippen molar-refractivity contribution in [3.05, 3.63) is 54.1 Å². The summed E-state index contributed by atoms with van der Waals surface area (Å²) in [6.07, 6.45) is 19.9. The number of fused-ring (bicyclic) bond motifs is 1. The Bertz CT molecular complexity index is 1850. The van der Waals surface area contributed by atoms with E-state index in [-0.39, 0.29) is 97.7 Å². The lowest BCUT2D eigenvalue weighted by molar-refractivity contribution is -0.159. The zero-order valence-corrected chi connectivity index (χ0v) is 46.4. The van der Waals surface area contributed by atoms with E-state index in [0.29, 0.717) is 93.9 Å². The van der Waals surface area contributed by atoms with Crippen molar-refractivity contribution >= 4 is 50.2 Å². The first-order valence-electron chi connectivity index (χ1n) is 26.8. The summed E-state index contributed by atoms with van der Waals surface area (Å²) >= 11 is 0. The Labute approximate surface area is 493 Å². The van der Waals surface area contributed by atoms with Crippen molar-refractivity contribution in [3.63, 3.8) is 0 Å². The van der Waals surface area contributed by atoms with Crippen molar-refractivity contribution in [2.24, 2.45) is 17.8 Å². The molecular formula is C62H122O15Si3. The van der Waals surface area contributed by atoms with Gasteiger partial charge in [-0.1, -0.05) is 117 Å². The zero-order chi connectivity index (χ0) is 50.9. The molecule has 6 rings (SSSR count). The Morgan fingerprint density at radius 2 is 1.14 bits per heavy atom. The largest absolute Gasteiger partial charge is 0.493 e. The maximum atomic E-state index is 13.0. The van der Waals surface area contributed by atoms with Crippen LogP contribution < -0.4 is 0 Å². The Balaban J connectivity index is -0.00000321. The van der Waals surface area contributed by atoms with Gasteiger partial charge in [0, 0.05) is 59.1 Å². The number of hydrogen-bond acceptors (Lipinski definition) is 15. The summed E-state index contributed by atoms with van der Waals surface area (Å²) in [5.74, 6) is 0.100. The van der Waals surface area contributed by atoms with Crippen LogP contribution in [0.5, 0.6) is 0 Å². The molecule has 5 fully saturated rings. The molecule has 18 heteroatoms. The van der Waals surface area contributed by atoms with Crippen LogP contribution in [-0.2, 0) is 59.3 Å². The van der Waals surface area contributed by atoms with Crippen LogP contribution in [0.15, 0.2) is 43.0 Å². The molecule has 1 heterocycles. The van der Waals surface area contributed by atoms with Gasteiger partial charge < -0.3 is 55.1 Å². The lowest BCUT2D eigenvalue weighted by Crippen LogP contribution is -2.62. The lowest BCUT2D eigenvalue weighted by Gasteiger charge is -2.42. The second kappa shape index (κ2) is 41.4. The van der Waals surface area contributed by atoms with Crippen LogP contribution in [-0.4, -0.2) is 126 Å². The first-order valence-corrected chi connectivity index (χ1v) is 33.2. The maximum Gasteiger partial charge on any atom is 0.493 e. The number of carbonyl (C=O) groups is 3. The number of aliphatic hydroxyl groups is 2. The molecule has 2 N–H and O–H groups in total. The van der Waals surface area contributed by atoms with E-state index in [2.05, 4.69) is 37.4 Å². The highest BCUT2D eigenvalue weighted by atomic mass is 28.5. The standard InChI is InChI=1S/C53H86O15Si3.9CH4/c1-7-51(56)63-32-13-9-12-16-52(57)65-47-25-19-40(36-45(47)54)30-34-70(60-3,61-4)68-71(62-5,67-69(6,59-2)33-29-42-21-27-49-50(38-42)64-49)35-31-41-20-26-48(46(55)37-41)66-53(58)28-22-39-17-23-44(24-18-39)43-14-10-8-11-15-43;;;;;;;;;/h7,17-18,22-24,28,40-43,45-50,54-55H,1,8-16,19-21,25-27,29-38H2,2-6H3;9*1H4/b28-22+;;;;;;;;;. The number of hydrogen-bond donors (Lipinski definition) is 2. The van der Waals surface area contributed by atoms with Gasteiger partial charge in [-0.05, 0) is 163 Å². The molecule has 0 amide bonds. The minimum Gasteiger partial charge on any atom is -0.463 e. The molecule has 0 radical (unpaired) electrons. The van der Waals surface area contributed by atoms with Gasteiger partial charge in [-0.15, -0.1) is 0 Å². The second-order valence-electron chi connectivity index (χ2n) is 21.0. The van der Waals surface area contributed by atoms with Gasteiger partial charge in [0.25, 0.3) is 0 Å². The van der Waals surface area contributed by atoms with E-state index in [4.69, 9.17) is 44.9 Å². The van der Waals surface area contributed by atoms with Gasteiger partial charge >= 0.3 is 44.1 Å². The summed E-state index contributed by atoms with van der Waals surface area (Å²) in [5.41, 5.74) is 2.31. The smallest absolute Gasteiger partial charge is 0.463 e. The zero-order valence-electron chi connectivity index (χ0n) is 43.4. The van der Waals surface area contributed by atoms with E-state index in [1.807, 2.05) is 0 Å². The van der Waals surface area contributed by atoms with Gasteiger partial charge in [0.15, 0.2) is 0 Å². The molecular weight excluding hydrogens is 1070 g/mol. The van der Waals surface area contributed by atoms with E-state index in [9.17, 15) is 24.6 Å². The Kier molecular flexibility index (Phi) is 43.4. The SMILES string of the molecule is C.C.C.C.C.C.C.C.C.C=CC(=O)OCCCCCC(=O)OC1CCC(CC[Si](OC)(OC)O[Si](CCC2CCC(OC(=O)/C=C/c3ccc(C4CCCCC4)cc3)C(O)C2)(OC)O[Si](C)(CCC2CCC3OC3C2)OC)CC1O. The number of ether oxygens (including phenoxy) is 4. The molecule has 0 bridgehead atoms. The van der Waals surface area contributed by atoms with Crippen molar-refractivity contribution in [3.8, 4) is 0 Å². The summed E-state index contributed by atoms with van der Waals surface area (Å²) < 4.78 is 62.1. The third kappa shape index (κ3) is 26.1. The Morgan fingerprint density at radius 1 is 0.600 bits per heavy atom. The summed E-state index contributed by atoms with van der Waals surface area (Å²) in [6.45, 7) is 5.75. The van der Waals surface area contributed by atoms with Crippen LogP contribution in [0.25, 0.3) is 6.08 Å². The van der Waals surface area contributed by atoms with Crippen molar-refractivity contribution in [2.75, 3.05) is 35.0 Å². The molecule has 4 aliphatic carbocycles. The molecule has 1 aromatic carbocycles. The predicted molar refractivity (Wildman–Crippen MR) is 336 cm³/mol. The van der Waals surface area contributed by atoms with Crippen LogP contribution in [0.2, 0.25) is 24.7 Å². The molecule has 11 unspecified atom stereocenters. The molecule has 0 aromatic heterocycles. The molecule has 1 aliphatic heterocycles. The maximum absolute atomic E-state index is 13.0. The van der Waals surface area contributed by atoms with Gasteiger partial charge in [0.05, 0.1) is 31.0 Å². The van der Waals surface area contributed by atoms with Crippen LogP contribution in [0.4, 0.5) is 0 Å². The number of esters is 3. The van der Waals surface area contributed by atoms with Gasteiger partial charge in [-0.3, -0.25) is 4.79 Å². The first-order chi connectivity index (χ1) is 34.2. The Morgan fingerprint density at radius 3 is 1.68 bits per heavy atom. The quantitative estimate of drug-likeness (QED) is 0.0192. The number of epoxide rings is 1. The van der Waals surface area contributed by atoms with Crippen LogP contribution in [0.3, 0.4) is 0 Å². The molecule has 11 atom stereocenters. The van der Waals surface area contributed by atoms with E-state index in [1.165, 1.54) is 43.7 Å². The predicted octanol–water partition coefficient (Wildman–Crippen LogP) is 15.2. The molecule has 4 saturated carbocycles. The summed E-state index contributed by atoms with van der Waals surface area (Å²) in [5, 5.41) is 22.5. The lowest BCUT2D eigenvalue weighted by atomic mass is 9.84. The molecule has 1 saturated heterocycles. The average molecular weight is 1190 g/mol. The number of aliphatic hydroxyl groups excluding tert-OH is 2. The van der Waals surface area contributed by atoms with E-state index in [0.717, 1.165) is 56.2 Å². The number of unbranched alkanes of at least 4 members (excludes halogenated alkanes) is 2. The third-order valence-electron chi connectivity index (χ3n) is 16.0. The molecule has 5 aliphatic rings. The van der Waals surface area contributed by atoms with E-state index >= 15 is 0 Å². The number of carbonyl (C=O) groups excluding carboxylic acids is 3. The molecule has 1 aromatic rings. The topological polar surface area (TPSA) is 187 Å². The summed E-state index contributed by atoms with van der Waals surface area (Å²) in [4.78, 5) is 36.9. The van der Waals surface area contributed by atoms with E-state index < -0.39 is 62.5 Å². The highest BCUT2D eigenvalue weighted by molar-refractivity contribution is 6.82. The van der Waals surface area contributed by atoms with Gasteiger partial charge in [-0.25, -0.2) is 9.59 Å². The van der Waals surface area contributed by atoms with Gasteiger partial charge in [-0.2, -0.15) is 0 Å². The fourth-order valence-electron chi connectivity index (χ4n) is 11.3. The van der Waals surface area contributed by atoms with Gasteiger partial charge in [0.2, 0.25) is 0 Å². The van der Waals surface area contributed by atoms with Crippen molar-refractivity contribution in [1.82, 2.24) is 0 Å². The fraction of sp³-hybridized carbons (Fsp3) is 0.790. The van der Waals surface area contributed by atoms with Crippen LogP contribution in [0.1, 0.15) is 219 Å². The minimum atomic E-state index is -3.64. The summed E-state index contributed by atoms with van der Waals surface area (Å²) in [6, 6.07) is 10.1. The van der Waals surface area contributed by atoms with Crippen LogP contribution >= 0.6 is 0 Å². The first kappa shape index (κ1) is 83.9. The van der Waals surface area contributed by atoms with E-state index in [1.54, 1.807) is 34.5 Å². The third-order valence-corrected chi connectivity index (χ3v) is 27.2. The normalized spacial score (nSPS) is 25.6. The molecule has 15 nitrogen and oxygen atoms in total. The minimum absolute atomic E-state index is 0. The molecule has 0 spiro atoms. The van der Waals surface area contributed by atoms with Crippen molar-refractivity contribution in [1.29, 1.82) is 0 Å². The second-order valence-corrected chi connectivity index (χ2v) is 30.8. The van der Waals surface area contributed by atoms with Crippen LogP contribution in [0, 0.1) is 17.8 Å². The van der Waals surface area contributed by atoms with Crippen molar-refractivity contribution < 1.29 is 69.5 Å².